The number of fused-ring (bicyclic) bond motifs is 2. The number of carbonyl (C=O) groups is 2. The van der Waals surface area contributed by atoms with E-state index in [1.54, 1.807) is 18.1 Å². The number of nitrogens with one attached hydrogen (secondary N) is 2. The van der Waals surface area contributed by atoms with E-state index >= 15 is 0 Å². The second-order valence-electron chi connectivity index (χ2n) is 6.96. The Labute approximate surface area is 158 Å². The molecule has 8 nitrogen and oxygen atoms in total. The molecule has 142 valence electrons. The van der Waals surface area contributed by atoms with Gasteiger partial charge in [0.05, 0.1) is 23.6 Å². The summed E-state index contributed by atoms with van der Waals surface area (Å²) in [5.41, 5.74) is 2.19. The number of para-hydroxylation sites is 2. The van der Waals surface area contributed by atoms with Crippen LogP contribution in [0.15, 0.2) is 30.5 Å². The SMILES string of the molecule is CC(C(=O)N1c2ccccc2NC(=O)c2c1cnn2C)N1CCCNCC1. The zero-order valence-electron chi connectivity index (χ0n) is 15.6. The van der Waals surface area contributed by atoms with Crippen molar-refractivity contribution in [3.8, 4) is 0 Å². The lowest BCUT2D eigenvalue weighted by Gasteiger charge is -2.31. The molecule has 4 rings (SSSR count). The second-order valence-corrected chi connectivity index (χ2v) is 6.96. The smallest absolute Gasteiger partial charge is 0.276 e. The molecule has 2 amide bonds. The van der Waals surface area contributed by atoms with Crippen molar-refractivity contribution in [1.82, 2.24) is 20.0 Å². The van der Waals surface area contributed by atoms with Crippen LogP contribution in [0.2, 0.25) is 0 Å². The van der Waals surface area contributed by atoms with Crippen LogP contribution in [0.5, 0.6) is 0 Å². The highest BCUT2D eigenvalue weighted by atomic mass is 16.2. The molecular weight excluding hydrogens is 344 g/mol. The molecule has 3 heterocycles. The van der Waals surface area contributed by atoms with Gasteiger partial charge in [-0.3, -0.25) is 24.1 Å². The number of aryl methyl sites for hydroxylation is 1. The van der Waals surface area contributed by atoms with Crippen molar-refractivity contribution >= 4 is 28.9 Å². The molecule has 8 heteroatoms. The third-order valence-electron chi connectivity index (χ3n) is 5.27. The van der Waals surface area contributed by atoms with Gasteiger partial charge in [-0.25, -0.2) is 0 Å². The Bertz CT molecular complexity index is 869. The maximum Gasteiger partial charge on any atom is 0.276 e. The molecule has 2 aliphatic rings. The van der Waals surface area contributed by atoms with Gasteiger partial charge in [-0.1, -0.05) is 12.1 Å². The second kappa shape index (κ2) is 7.13. The van der Waals surface area contributed by atoms with Crippen molar-refractivity contribution in [3.63, 3.8) is 0 Å². The first kappa shape index (κ1) is 17.7. The van der Waals surface area contributed by atoms with E-state index in [4.69, 9.17) is 0 Å². The summed E-state index contributed by atoms with van der Waals surface area (Å²) < 4.78 is 1.51. The molecule has 0 radical (unpaired) electrons. The molecule has 0 saturated carbocycles. The van der Waals surface area contributed by atoms with Crippen molar-refractivity contribution in [1.29, 1.82) is 0 Å². The quantitative estimate of drug-likeness (QED) is 0.836. The molecule has 2 aliphatic heterocycles. The topological polar surface area (TPSA) is 82.5 Å². The van der Waals surface area contributed by atoms with Gasteiger partial charge < -0.3 is 10.6 Å². The third-order valence-corrected chi connectivity index (χ3v) is 5.27. The summed E-state index contributed by atoms with van der Waals surface area (Å²) in [6.45, 7) is 5.46. The lowest BCUT2D eigenvalue weighted by molar-refractivity contribution is -0.122. The van der Waals surface area contributed by atoms with Crippen molar-refractivity contribution in [2.45, 2.75) is 19.4 Å². The van der Waals surface area contributed by atoms with E-state index in [0.29, 0.717) is 22.8 Å². The molecule has 1 saturated heterocycles. The maximum absolute atomic E-state index is 13.6. The van der Waals surface area contributed by atoms with E-state index in [1.807, 2.05) is 31.2 Å². The van der Waals surface area contributed by atoms with Crippen LogP contribution in [0.3, 0.4) is 0 Å². The largest absolute Gasteiger partial charge is 0.319 e. The Kier molecular flexibility index (Phi) is 4.67. The average molecular weight is 368 g/mol. The number of amides is 2. The molecule has 0 bridgehead atoms. The van der Waals surface area contributed by atoms with E-state index in [-0.39, 0.29) is 17.9 Å². The summed E-state index contributed by atoms with van der Waals surface area (Å²) in [4.78, 5) is 30.1. The first-order chi connectivity index (χ1) is 13.1. The minimum absolute atomic E-state index is 0.0601. The van der Waals surface area contributed by atoms with Gasteiger partial charge >= 0.3 is 0 Å². The Morgan fingerprint density at radius 3 is 2.85 bits per heavy atom. The normalized spacial score (nSPS) is 18.7. The van der Waals surface area contributed by atoms with Crippen LogP contribution in [0.25, 0.3) is 0 Å². The summed E-state index contributed by atoms with van der Waals surface area (Å²) in [7, 11) is 1.71. The molecule has 1 unspecified atom stereocenters. The molecule has 2 aromatic rings. The molecule has 1 aromatic carbocycles. The average Bonchev–Trinajstić information content (AvgIpc) is 2.85. The first-order valence-corrected chi connectivity index (χ1v) is 9.29. The molecule has 0 spiro atoms. The van der Waals surface area contributed by atoms with Crippen molar-refractivity contribution in [2.75, 3.05) is 36.4 Å². The van der Waals surface area contributed by atoms with Crippen LogP contribution in [-0.4, -0.2) is 58.7 Å². The van der Waals surface area contributed by atoms with E-state index in [9.17, 15) is 9.59 Å². The maximum atomic E-state index is 13.6. The van der Waals surface area contributed by atoms with Gasteiger partial charge in [0.15, 0.2) is 0 Å². The minimum Gasteiger partial charge on any atom is -0.319 e. The fraction of sp³-hybridized carbons (Fsp3) is 0.421. The number of anilines is 3. The monoisotopic (exact) mass is 368 g/mol. The highest BCUT2D eigenvalue weighted by molar-refractivity contribution is 6.17. The zero-order chi connectivity index (χ0) is 19.0. The molecule has 1 aromatic heterocycles. The van der Waals surface area contributed by atoms with Crippen molar-refractivity contribution in [2.24, 2.45) is 7.05 Å². The number of rotatable bonds is 2. The van der Waals surface area contributed by atoms with E-state index < -0.39 is 0 Å². The van der Waals surface area contributed by atoms with Gasteiger partial charge in [0.1, 0.15) is 11.4 Å². The van der Waals surface area contributed by atoms with Gasteiger partial charge in [-0.2, -0.15) is 5.10 Å². The predicted octanol–water partition coefficient (Wildman–Crippen LogP) is 1.33. The van der Waals surface area contributed by atoms with Crippen LogP contribution < -0.4 is 15.5 Å². The van der Waals surface area contributed by atoms with Crippen LogP contribution in [0, 0.1) is 0 Å². The molecule has 2 N–H and O–H groups in total. The van der Waals surface area contributed by atoms with Gasteiger partial charge in [-0.05, 0) is 32.0 Å². The van der Waals surface area contributed by atoms with E-state index in [0.717, 1.165) is 32.6 Å². The summed E-state index contributed by atoms with van der Waals surface area (Å²) in [6.07, 6.45) is 2.60. The summed E-state index contributed by atoms with van der Waals surface area (Å²) in [5, 5.41) is 10.5. The van der Waals surface area contributed by atoms with Crippen LogP contribution >= 0.6 is 0 Å². The molecule has 0 aliphatic carbocycles. The fourth-order valence-corrected chi connectivity index (χ4v) is 3.77. The molecule has 1 atom stereocenters. The van der Waals surface area contributed by atoms with Crippen molar-refractivity contribution < 1.29 is 9.59 Å². The van der Waals surface area contributed by atoms with E-state index in [1.165, 1.54) is 4.68 Å². The number of carbonyl (C=O) groups excluding carboxylic acids is 2. The van der Waals surface area contributed by atoms with E-state index in [2.05, 4.69) is 20.6 Å². The van der Waals surface area contributed by atoms with Crippen LogP contribution in [0.1, 0.15) is 23.8 Å². The Morgan fingerprint density at radius 2 is 2.00 bits per heavy atom. The van der Waals surface area contributed by atoms with Crippen LogP contribution in [-0.2, 0) is 11.8 Å². The fourth-order valence-electron chi connectivity index (χ4n) is 3.77. The standard InChI is InChI=1S/C19H24N6O2/c1-13(24-10-5-8-20-9-11-24)19(27)25-15-7-4-3-6-14(15)22-18(26)17-16(25)12-21-23(17)2/h3-4,6-7,12-13,20H,5,8-11H2,1-2H3,(H,22,26). The Balaban J connectivity index is 1.77. The minimum atomic E-state index is -0.306. The van der Waals surface area contributed by atoms with Gasteiger partial charge in [-0.15, -0.1) is 0 Å². The highest BCUT2D eigenvalue weighted by Gasteiger charge is 2.35. The zero-order valence-corrected chi connectivity index (χ0v) is 15.6. The van der Waals surface area contributed by atoms with Crippen molar-refractivity contribution in [3.05, 3.63) is 36.2 Å². The molecule has 27 heavy (non-hydrogen) atoms. The number of benzene rings is 1. The molecular formula is C19H24N6O2. The lowest BCUT2D eigenvalue weighted by Crippen LogP contribution is -2.47. The third kappa shape index (κ3) is 3.11. The van der Waals surface area contributed by atoms with Gasteiger partial charge in [0, 0.05) is 26.7 Å². The van der Waals surface area contributed by atoms with Gasteiger partial charge in [0.2, 0.25) is 5.91 Å². The Morgan fingerprint density at radius 1 is 1.19 bits per heavy atom. The lowest BCUT2D eigenvalue weighted by atomic mass is 10.1. The predicted molar refractivity (Wildman–Crippen MR) is 103 cm³/mol. The first-order valence-electron chi connectivity index (χ1n) is 9.29. The number of hydrogen-bond acceptors (Lipinski definition) is 5. The molecule has 1 fully saturated rings. The summed E-state index contributed by atoms with van der Waals surface area (Å²) >= 11 is 0. The number of aromatic nitrogens is 2. The number of hydrogen-bond donors (Lipinski definition) is 2. The highest BCUT2D eigenvalue weighted by Crippen LogP contribution is 2.38. The summed E-state index contributed by atoms with van der Waals surface area (Å²) in [6, 6.07) is 7.08. The van der Waals surface area contributed by atoms with Crippen LogP contribution in [0.4, 0.5) is 17.1 Å². The Hall–Kier alpha value is -2.71. The number of nitrogens with zero attached hydrogens (tertiary/aromatic N) is 4. The van der Waals surface area contributed by atoms with Gasteiger partial charge in [0.25, 0.3) is 5.91 Å². The summed E-state index contributed by atoms with van der Waals surface area (Å²) in [5.74, 6) is -0.325.